The van der Waals surface area contributed by atoms with Crippen LogP contribution in [-0.2, 0) is 5.41 Å². The standard InChI is InChI=1S/C46H34N4/c1-3-14-29(15-4-1)43-47-44(30-16-5-2-6-17-30)49-45(48-43)31-26-27-38-41(28-31)50-40-25-12-9-20-34(40)35-21-13-24-39(42(35)50)46(38)36-22-10-7-18-32(36)33-19-8-11-23-37(33)46/h1-28,43-45,47-49H. The Morgan fingerprint density at radius 2 is 0.920 bits per heavy atom. The Morgan fingerprint density at radius 1 is 0.400 bits per heavy atom. The average Bonchev–Trinajstić information content (AvgIpc) is 3.69. The molecule has 1 aromatic heterocycles. The summed E-state index contributed by atoms with van der Waals surface area (Å²) in [6.45, 7) is 0. The number of benzene rings is 7. The van der Waals surface area contributed by atoms with Crippen molar-refractivity contribution in [2.45, 2.75) is 23.9 Å². The van der Waals surface area contributed by atoms with Gasteiger partial charge < -0.3 is 4.57 Å². The number of aromatic nitrogens is 1. The highest BCUT2D eigenvalue weighted by Crippen LogP contribution is 2.61. The molecule has 2 atom stereocenters. The van der Waals surface area contributed by atoms with Gasteiger partial charge in [-0.2, -0.15) is 0 Å². The Bertz CT molecular complexity index is 2510. The van der Waals surface area contributed by atoms with E-state index in [-0.39, 0.29) is 18.5 Å². The molecule has 8 aromatic rings. The van der Waals surface area contributed by atoms with Gasteiger partial charge in [-0.3, -0.25) is 16.0 Å². The minimum absolute atomic E-state index is 0.0385. The van der Waals surface area contributed by atoms with E-state index in [1.807, 2.05) is 0 Å². The summed E-state index contributed by atoms with van der Waals surface area (Å²) >= 11 is 0. The molecule has 0 amide bonds. The molecule has 2 unspecified atom stereocenters. The molecule has 0 radical (unpaired) electrons. The van der Waals surface area contributed by atoms with Crippen molar-refractivity contribution in [2.24, 2.45) is 0 Å². The molecule has 50 heavy (non-hydrogen) atoms. The quantitative estimate of drug-likeness (QED) is 0.180. The Labute approximate surface area is 291 Å². The average molecular weight is 643 g/mol. The molecule has 1 saturated heterocycles. The molecular weight excluding hydrogens is 609 g/mol. The van der Waals surface area contributed by atoms with Gasteiger partial charge in [-0.15, -0.1) is 0 Å². The molecule has 0 bridgehead atoms. The van der Waals surface area contributed by atoms with Crippen LogP contribution in [0.2, 0.25) is 0 Å². The lowest BCUT2D eigenvalue weighted by atomic mass is 9.65. The molecule has 1 fully saturated rings. The van der Waals surface area contributed by atoms with E-state index in [2.05, 4.69) is 190 Å². The second-order valence-corrected chi connectivity index (χ2v) is 13.8. The lowest BCUT2D eigenvalue weighted by Crippen LogP contribution is -2.54. The number of fused-ring (bicyclic) bond motifs is 12. The summed E-state index contributed by atoms with van der Waals surface area (Å²) < 4.78 is 2.54. The van der Waals surface area contributed by atoms with Crippen LogP contribution < -0.4 is 16.0 Å². The fourth-order valence-corrected chi connectivity index (χ4v) is 9.27. The summed E-state index contributed by atoms with van der Waals surface area (Å²) in [7, 11) is 0. The molecule has 1 spiro atoms. The lowest BCUT2D eigenvalue weighted by molar-refractivity contribution is 0.203. The third-order valence-electron chi connectivity index (χ3n) is 11.3. The largest absolute Gasteiger partial charge is 0.309 e. The van der Waals surface area contributed by atoms with Crippen molar-refractivity contribution in [1.29, 1.82) is 0 Å². The monoisotopic (exact) mass is 642 g/mol. The molecule has 0 saturated carbocycles. The minimum Gasteiger partial charge on any atom is -0.309 e. The molecular formula is C46H34N4. The molecule has 4 heteroatoms. The first-order valence-corrected chi connectivity index (χ1v) is 17.6. The zero-order chi connectivity index (χ0) is 32.8. The Hall–Kier alpha value is -5.78. The molecule has 4 nitrogen and oxygen atoms in total. The molecule has 1 aliphatic carbocycles. The molecule has 238 valence electrons. The van der Waals surface area contributed by atoms with Crippen molar-refractivity contribution < 1.29 is 0 Å². The van der Waals surface area contributed by atoms with Crippen molar-refractivity contribution >= 4 is 21.8 Å². The van der Waals surface area contributed by atoms with Gasteiger partial charge in [0.15, 0.2) is 0 Å². The van der Waals surface area contributed by atoms with E-state index < -0.39 is 5.41 Å². The van der Waals surface area contributed by atoms with Crippen molar-refractivity contribution in [1.82, 2.24) is 20.5 Å². The van der Waals surface area contributed by atoms with Crippen molar-refractivity contribution in [3.63, 3.8) is 0 Å². The molecule has 3 aliphatic rings. The number of hydrogen-bond acceptors (Lipinski definition) is 3. The topological polar surface area (TPSA) is 41.0 Å². The second-order valence-electron chi connectivity index (χ2n) is 13.8. The van der Waals surface area contributed by atoms with E-state index in [4.69, 9.17) is 0 Å². The lowest BCUT2D eigenvalue weighted by Gasteiger charge is -2.42. The normalized spacial score (nSPS) is 19.7. The third-order valence-corrected chi connectivity index (χ3v) is 11.3. The van der Waals surface area contributed by atoms with E-state index in [9.17, 15) is 0 Å². The molecule has 7 aromatic carbocycles. The number of nitrogens with zero attached hydrogens (tertiary/aromatic N) is 1. The van der Waals surface area contributed by atoms with Gasteiger partial charge in [0, 0.05) is 10.8 Å². The molecule has 2 aliphatic heterocycles. The zero-order valence-electron chi connectivity index (χ0n) is 27.3. The van der Waals surface area contributed by atoms with Crippen LogP contribution in [0.25, 0.3) is 38.6 Å². The highest BCUT2D eigenvalue weighted by Gasteiger charge is 2.50. The maximum Gasteiger partial charge on any atom is 0.0865 e. The van der Waals surface area contributed by atoms with Gasteiger partial charge in [0.1, 0.15) is 0 Å². The highest BCUT2D eigenvalue weighted by atomic mass is 15.4. The first-order valence-electron chi connectivity index (χ1n) is 17.6. The van der Waals surface area contributed by atoms with Gasteiger partial charge in [-0.1, -0.05) is 158 Å². The first-order chi connectivity index (χ1) is 24.8. The Balaban J connectivity index is 1.18. The van der Waals surface area contributed by atoms with Gasteiger partial charge in [-0.05, 0) is 62.2 Å². The Kier molecular flexibility index (Phi) is 5.96. The minimum atomic E-state index is -0.445. The molecule has 3 heterocycles. The van der Waals surface area contributed by atoms with Crippen LogP contribution in [0.15, 0.2) is 170 Å². The van der Waals surface area contributed by atoms with Gasteiger partial charge in [-0.25, -0.2) is 0 Å². The predicted molar refractivity (Wildman–Crippen MR) is 202 cm³/mol. The highest BCUT2D eigenvalue weighted by molar-refractivity contribution is 6.12. The Morgan fingerprint density at radius 3 is 1.58 bits per heavy atom. The van der Waals surface area contributed by atoms with Gasteiger partial charge in [0.05, 0.1) is 40.6 Å². The van der Waals surface area contributed by atoms with Crippen molar-refractivity contribution in [2.75, 3.05) is 0 Å². The van der Waals surface area contributed by atoms with Crippen LogP contribution >= 0.6 is 0 Å². The fourth-order valence-electron chi connectivity index (χ4n) is 9.27. The van der Waals surface area contributed by atoms with Crippen LogP contribution in [0.4, 0.5) is 0 Å². The fraction of sp³-hybridized carbons (Fsp3) is 0.0870. The molecule has 3 N–H and O–H groups in total. The predicted octanol–water partition coefficient (Wildman–Crippen LogP) is 9.64. The maximum atomic E-state index is 3.93. The summed E-state index contributed by atoms with van der Waals surface area (Å²) in [6, 6.07) is 62.5. The van der Waals surface area contributed by atoms with Crippen LogP contribution in [0.5, 0.6) is 0 Å². The van der Waals surface area contributed by atoms with Crippen LogP contribution in [0.1, 0.15) is 57.4 Å². The van der Waals surface area contributed by atoms with Crippen molar-refractivity contribution in [3.8, 4) is 16.8 Å². The third kappa shape index (κ3) is 3.75. The van der Waals surface area contributed by atoms with Crippen molar-refractivity contribution in [3.05, 3.63) is 209 Å². The van der Waals surface area contributed by atoms with Crippen LogP contribution in [-0.4, -0.2) is 4.57 Å². The van der Waals surface area contributed by atoms with Gasteiger partial charge in [0.25, 0.3) is 0 Å². The summed E-state index contributed by atoms with van der Waals surface area (Å²) in [6.07, 6.45) is -0.183. The number of rotatable bonds is 3. The van der Waals surface area contributed by atoms with Crippen LogP contribution in [0.3, 0.4) is 0 Å². The number of nitrogens with one attached hydrogen (secondary N) is 3. The SMILES string of the molecule is c1ccc(C2NC(c3ccccc3)NC(c3ccc4c(c3)-n3c5ccccc5c5cccc(c53)C43c4ccccc4-c4ccccc43)N2)cc1. The van der Waals surface area contributed by atoms with Gasteiger partial charge >= 0.3 is 0 Å². The smallest absolute Gasteiger partial charge is 0.0865 e. The summed E-state index contributed by atoms with van der Waals surface area (Å²) in [4.78, 5) is 0. The zero-order valence-corrected chi connectivity index (χ0v) is 27.3. The first kappa shape index (κ1) is 28.1. The summed E-state index contributed by atoms with van der Waals surface area (Å²) in [5, 5.41) is 14.3. The van der Waals surface area contributed by atoms with Gasteiger partial charge in [0.2, 0.25) is 0 Å². The van der Waals surface area contributed by atoms with E-state index in [1.54, 1.807) is 0 Å². The maximum absolute atomic E-state index is 3.93. The van der Waals surface area contributed by atoms with E-state index in [1.165, 1.54) is 77.6 Å². The second kappa shape index (κ2) is 10.6. The molecule has 11 rings (SSSR count). The van der Waals surface area contributed by atoms with E-state index >= 15 is 0 Å². The van der Waals surface area contributed by atoms with E-state index in [0.29, 0.717) is 0 Å². The van der Waals surface area contributed by atoms with E-state index in [0.717, 1.165) is 0 Å². The van der Waals surface area contributed by atoms with Crippen LogP contribution in [0, 0.1) is 0 Å². The summed E-state index contributed by atoms with van der Waals surface area (Å²) in [5.41, 5.74) is 14.9. The summed E-state index contributed by atoms with van der Waals surface area (Å²) in [5.74, 6) is 0. The number of para-hydroxylation sites is 2. The number of hydrogen-bond donors (Lipinski definition) is 3.